The van der Waals surface area contributed by atoms with Crippen molar-refractivity contribution in [3.05, 3.63) is 30.0 Å². The second kappa shape index (κ2) is 7.69. The van der Waals surface area contributed by atoms with Crippen LogP contribution in [0.5, 0.6) is 11.5 Å². The molecule has 1 aromatic heterocycles. The Kier molecular flexibility index (Phi) is 5.63. The Morgan fingerprint density at radius 1 is 0.920 bits per heavy atom. The van der Waals surface area contributed by atoms with Crippen molar-refractivity contribution in [1.29, 1.82) is 0 Å². The molecule has 0 bridgehead atoms. The lowest BCUT2D eigenvalue weighted by atomic mass is 10.2. The van der Waals surface area contributed by atoms with Gasteiger partial charge >= 0.3 is 0 Å². The van der Waals surface area contributed by atoms with Gasteiger partial charge in [-0.2, -0.15) is 4.98 Å². The molecule has 1 amide bonds. The van der Waals surface area contributed by atoms with Gasteiger partial charge < -0.3 is 24.6 Å². The van der Waals surface area contributed by atoms with E-state index in [0.29, 0.717) is 29.0 Å². The summed E-state index contributed by atoms with van der Waals surface area (Å²) in [6, 6.07) is 6.79. The first-order valence-electron chi connectivity index (χ1n) is 7.62. The van der Waals surface area contributed by atoms with E-state index in [1.165, 1.54) is 0 Å². The van der Waals surface area contributed by atoms with Crippen molar-refractivity contribution in [1.82, 2.24) is 9.97 Å². The van der Waals surface area contributed by atoms with Crippen LogP contribution >= 0.6 is 0 Å². The van der Waals surface area contributed by atoms with Crippen LogP contribution in [0.15, 0.2) is 24.3 Å². The van der Waals surface area contributed by atoms with Gasteiger partial charge in [0.2, 0.25) is 5.95 Å². The fourth-order valence-corrected chi connectivity index (χ4v) is 2.04. The molecular formula is C17H23N5O3. The van der Waals surface area contributed by atoms with Gasteiger partial charge in [0.25, 0.3) is 5.91 Å². The number of carbonyl (C=O) groups excluding carboxylic acids is 1. The number of hydrogen-bond acceptors (Lipinski definition) is 7. The Balaban J connectivity index is 2.34. The Labute approximate surface area is 147 Å². The largest absolute Gasteiger partial charge is 0.497 e. The zero-order valence-corrected chi connectivity index (χ0v) is 15.3. The van der Waals surface area contributed by atoms with Gasteiger partial charge in [-0.15, -0.1) is 0 Å². The summed E-state index contributed by atoms with van der Waals surface area (Å²) in [6.45, 7) is 0. The standard InChI is InChI=1S/C17H23N5O3/c1-21(2)15-10-14(19-17(20-15)22(3)4)16(23)18-11-7-12(24-5)9-13(8-11)25-6/h7-10H,1-6H3,(H,18,23). The zero-order valence-electron chi connectivity index (χ0n) is 15.3. The number of nitrogens with zero attached hydrogens (tertiary/aromatic N) is 4. The molecule has 0 aliphatic carbocycles. The van der Waals surface area contributed by atoms with Crippen LogP contribution in [-0.2, 0) is 0 Å². The van der Waals surface area contributed by atoms with E-state index in [9.17, 15) is 4.79 Å². The molecule has 8 heteroatoms. The van der Waals surface area contributed by atoms with Crippen LogP contribution < -0.4 is 24.6 Å². The van der Waals surface area contributed by atoms with Crippen molar-refractivity contribution < 1.29 is 14.3 Å². The van der Waals surface area contributed by atoms with E-state index in [1.807, 2.05) is 33.1 Å². The minimum Gasteiger partial charge on any atom is -0.497 e. The maximum Gasteiger partial charge on any atom is 0.274 e. The molecule has 0 aliphatic heterocycles. The summed E-state index contributed by atoms with van der Waals surface area (Å²) in [5, 5.41) is 2.81. The third-order valence-corrected chi connectivity index (χ3v) is 3.40. The van der Waals surface area contributed by atoms with E-state index in [2.05, 4.69) is 15.3 Å². The highest BCUT2D eigenvalue weighted by molar-refractivity contribution is 6.03. The number of carbonyl (C=O) groups is 1. The highest BCUT2D eigenvalue weighted by Gasteiger charge is 2.15. The van der Waals surface area contributed by atoms with Crippen molar-refractivity contribution in [3.8, 4) is 11.5 Å². The number of amides is 1. The van der Waals surface area contributed by atoms with Gasteiger partial charge in [0.1, 0.15) is 23.0 Å². The van der Waals surface area contributed by atoms with Gasteiger partial charge in [-0.05, 0) is 0 Å². The summed E-state index contributed by atoms with van der Waals surface area (Å²) < 4.78 is 10.4. The molecule has 25 heavy (non-hydrogen) atoms. The van der Waals surface area contributed by atoms with Crippen molar-refractivity contribution in [2.24, 2.45) is 0 Å². The number of ether oxygens (including phenoxy) is 2. The maximum atomic E-state index is 12.6. The molecular weight excluding hydrogens is 322 g/mol. The van der Waals surface area contributed by atoms with E-state index >= 15 is 0 Å². The first-order chi connectivity index (χ1) is 11.8. The molecule has 0 spiro atoms. The normalized spacial score (nSPS) is 10.2. The minimum atomic E-state index is -0.344. The summed E-state index contributed by atoms with van der Waals surface area (Å²) >= 11 is 0. The van der Waals surface area contributed by atoms with Crippen LogP contribution in [0.25, 0.3) is 0 Å². The van der Waals surface area contributed by atoms with Gasteiger partial charge in [-0.1, -0.05) is 0 Å². The minimum absolute atomic E-state index is 0.268. The molecule has 0 saturated carbocycles. The first-order valence-corrected chi connectivity index (χ1v) is 7.62. The average Bonchev–Trinajstić information content (AvgIpc) is 2.60. The van der Waals surface area contributed by atoms with Gasteiger partial charge in [0.05, 0.1) is 14.2 Å². The summed E-state index contributed by atoms with van der Waals surface area (Å²) in [4.78, 5) is 24.9. The summed E-state index contributed by atoms with van der Waals surface area (Å²) in [6.07, 6.45) is 0. The number of methoxy groups -OCH3 is 2. The molecule has 0 unspecified atom stereocenters. The molecule has 0 fully saturated rings. The fourth-order valence-electron chi connectivity index (χ4n) is 2.04. The highest BCUT2D eigenvalue weighted by Crippen LogP contribution is 2.26. The Morgan fingerprint density at radius 2 is 1.52 bits per heavy atom. The molecule has 0 radical (unpaired) electrons. The van der Waals surface area contributed by atoms with E-state index in [1.54, 1.807) is 43.4 Å². The van der Waals surface area contributed by atoms with Crippen LogP contribution in [0.2, 0.25) is 0 Å². The zero-order chi connectivity index (χ0) is 18.6. The third kappa shape index (κ3) is 4.50. The van der Waals surface area contributed by atoms with Crippen molar-refractivity contribution in [3.63, 3.8) is 0 Å². The molecule has 8 nitrogen and oxygen atoms in total. The summed E-state index contributed by atoms with van der Waals surface area (Å²) in [5.41, 5.74) is 0.821. The molecule has 1 aromatic carbocycles. The number of benzene rings is 1. The SMILES string of the molecule is COc1cc(NC(=O)c2cc(N(C)C)nc(N(C)C)n2)cc(OC)c1. The average molecular weight is 345 g/mol. The number of anilines is 3. The Bertz CT molecular complexity index is 713. The first kappa shape index (κ1) is 18.3. The highest BCUT2D eigenvalue weighted by atomic mass is 16.5. The lowest BCUT2D eigenvalue weighted by Gasteiger charge is -2.17. The van der Waals surface area contributed by atoms with Crippen LogP contribution in [0.1, 0.15) is 10.5 Å². The van der Waals surface area contributed by atoms with Crippen LogP contribution in [0, 0.1) is 0 Å². The molecule has 2 rings (SSSR count). The predicted molar refractivity (Wildman–Crippen MR) is 98.2 cm³/mol. The molecule has 0 atom stereocenters. The lowest BCUT2D eigenvalue weighted by molar-refractivity contribution is 0.102. The Morgan fingerprint density at radius 3 is 2.00 bits per heavy atom. The summed E-state index contributed by atoms with van der Waals surface area (Å²) in [7, 11) is 10.5. The van der Waals surface area contributed by atoms with Gasteiger partial charge in [0.15, 0.2) is 0 Å². The van der Waals surface area contributed by atoms with E-state index in [-0.39, 0.29) is 11.6 Å². The van der Waals surface area contributed by atoms with Crippen LogP contribution in [-0.4, -0.2) is 58.3 Å². The quantitative estimate of drug-likeness (QED) is 0.856. The molecule has 1 heterocycles. The van der Waals surface area contributed by atoms with Gasteiger partial charge in [0, 0.05) is 58.1 Å². The van der Waals surface area contributed by atoms with Gasteiger partial charge in [-0.25, -0.2) is 4.98 Å². The lowest BCUT2D eigenvalue weighted by Crippen LogP contribution is -2.21. The monoisotopic (exact) mass is 345 g/mol. The smallest absolute Gasteiger partial charge is 0.274 e. The van der Waals surface area contributed by atoms with Crippen LogP contribution in [0.3, 0.4) is 0 Å². The number of nitrogens with one attached hydrogen (secondary N) is 1. The van der Waals surface area contributed by atoms with E-state index in [4.69, 9.17) is 9.47 Å². The molecule has 134 valence electrons. The number of aromatic nitrogens is 2. The van der Waals surface area contributed by atoms with Gasteiger partial charge in [-0.3, -0.25) is 4.79 Å². The van der Waals surface area contributed by atoms with Crippen LogP contribution in [0.4, 0.5) is 17.5 Å². The van der Waals surface area contributed by atoms with E-state index < -0.39 is 0 Å². The Hall–Kier alpha value is -3.03. The topological polar surface area (TPSA) is 79.8 Å². The molecule has 0 aliphatic rings. The number of rotatable bonds is 6. The third-order valence-electron chi connectivity index (χ3n) is 3.40. The second-order valence-corrected chi connectivity index (χ2v) is 5.76. The van der Waals surface area contributed by atoms with Crippen molar-refractivity contribution >= 4 is 23.4 Å². The van der Waals surface area contributed by atoms with E-state index in [0.717, 1.165) is 0 Å². The maximum absolute atomic E-state index is 12.6. The fraction of sp³-hybridized carbons (Fsp3) is 0.353. The molecule has 2 aromatic rings. The molecule has 0 saturated heterocycles. The predicted octanol–water partition coefficient (Wildman–Crippen LogP) is 1.88. The van der Waals surface area contributed by atoms with Crippen molar-refractivity contribution in [2.75, 3.05) is 57.5 Å². The van der Waals surface area contributed by atoms with Crippen molar-refractivity contribution in [2.45, 2.75) is 0 Å². The molecule has 1 N–H and O–H groups in total. The summed E-state index contributed by atoms with van der Waals surface area (Å²) in [5.74, 6) is 1.93. The second-order valence-electron chi connectivity index (χ2n) is 5.76. The number of hydrogen-bond donors (Lipinski definition) is 1.